The van der Waals surface area contributed by atoms with Gasteiger partial charge in [0.15, 0.2) is 0 Å². The summed E-state index contributed by atoms with van der Waals surface area (Å²) in [6.07, 6.45) is 0.484. The maximum Gasteiger partial charge on any atom is 0.129 e. The lowest BCUT2D eigenvalue weighted by Gasteiger charge is -2.16. The van der Waals surface area contributed by atoms with E-state index in [2.05, 4.69) is 21.2 Å². The molecule has 1 N–H and O–H groups in total. The molecule has 0 aliphatic carbocycles. The highest BCUT2D eigenvalue weighted by Gasteiger charge is 2.16. The molecule has 1 aromatic carbocycles. The van der Waals surface area contributed by atoms with E-state index >= 15 is 0 Å². The summed E-state index contributed by atoms with van der Waals surface area (Å²) in [4.78, 5) is 0. The minimum Gasteiger partial charge on any atom is -0.313 e. The second-order valence-corrected chi connectivity index (χ2v) is 5.55. The Balaban J connectivity index is 2.23. The largest absolute Gasteiger partial charge is 0.313 e. The number of hydrogen-bond donors (Lipinski definition) is 1. The molecular formula is C13H12BrF2NS. The minimum atomic E-state index is -0.547. The number of nitrogens with one attached hydrogen (secondary N) is 1. The minimum absolute atomic E-state index is 0.00517. The molecule has 0 fully saturated rings. The van der Waals surface area contributed by atoms with E-state index in [-0.39, 0.29) is 6.04 Å². The Bertz CT molecular complexity index is 542. The Morgan fingerprint density at radius 1 is 1.33 bits per heavy atom. The molecule has 2 rings (SSSR count). The monoisotopic (exact) mass is 331 g/mol. The zero-order valence-corrected chi connectivity index (χ0v) is 12.1. The van der Waals surface area contributed by atoms with Crippen LogP contribution in [0.3, 0.4) is 0 Å². The summed E-state index contributed by atoms with van der Waals surface area (Å²) in [5.74, 6) is -1.05. The van der Waals surface area contributed by atoms with Crippen molar-refractivity contribution in [1.82, 2.24) is 5.32 Å². The average Bonchev–Trinajstić information content (AvgIpc) is 2.75. The fraction of sp³-hybridized carbons (Fsp3) is 0.231. The van der Waals surface area contributed by atoms with Crippen LogP contribution in [0.15, 0.2) is 33.4 Å². The Morgan fingerprint density at radius 2 is 2.11 bits per heavy atom. The van der Waals surface area contributed by atoms with Crippen LogP contribution in [-0.2, 0) is 6.42 Å². The van der Waals surface area contributed by atoms with Crippen molar-refractivity contribution in [2.75, 3.05) is 7.05 Å². The molecule has 5 heteroatoms. The molecule has 96 valence electrons. The standard InChI is InChI=1S/C13H12BrF2NS/c1-17-13(10-6-18-7-11(10)14)4-8-2-3-9(15)5-12(8)16/h2-3,5-7,13,17H,4H2,1H3. The molecule has 0 saturated heterocycles. The van der Waals surface area contributed by atoms with Crippen molar-refractivity contribution < 1.29 is 8.78 Å². The Labute approximate surface area is 117 Å². The van der Waals surface area contributed by atoms with Crippen LogP contribution in [0.2, 0.25) is 0 Å². The summed E-state index contributed by atoms with van der Waals surface area (Å²) >= 11 is 5.05. The molecule has 1 unspecified atom stereocenters. The first-order chi connectivity index (χ1) is 8.61. The van der Waals surface area contributed by atoms with Gasteiger partial charge in [-0.1, -0.05) is 6.07 Å². The summed E-state index contributed by atoms with van der Waals surface area (Å²) in [6, 6.07) is 3.71. The van der Waals surface area contributed by atoms with E-state index in [1.165, 1.54) is 12.1 Å². The Morgan fingerprint density at radius 3 is 2.67 bits per heavy atom. The van der Waals surface area contributed by atoms with Gasteiger partial charge in [0.05, 0.1) is 0 Å². The first-order valence-electron chi connectivity index (χ1n) is 5.44. The van der Waals surface area contributed by atoms with E-state index in [0.29, 0.717) is 12.0 Å². The van der Waals surface area contributed by atoms with Crippen LogP contribution in [0.5, 0.6) is 0 Å². The number of halogens is 3. The van der Waals surface area contributed by atoms with Crippen LogP contribution in [0, 0.1) is 11.6 Å². The van der Waals surface area contributed by atoms with Crippen molar-refractivity contribution in [2.24, 2.45) is 0 Å². The van der Waals surface area contributed by atoms with E-state index < -0.39 is 11.6 Å². The number of rotatable bonds is 4. The molecule has 0 bridgehead atoms. The summed E-state index contributed by atoms with van der Waals surface area (Å²) in [5, 5.41) is 7.16. The summed E-state index contributed by atoms with van der Waals surface area (Å²) in [6.45, 7) is 0. The molecule has 1 heterocycles. The van der Waals surface area contributed by atoms with E-state index in [4.69, 9.17) is 0 Å². The third-order valence-corrected chi connectivity index (χ3v) is 4.56. The average molecular weight is 332 g/mol. The lowest BCUT2D eigenvalue weighted by Crippen LogP contribution is -2.19. The number of benzene rings is 1. The van der Waals surface area contributed by atoms with Gasteiger partial charge in [0.25, 0.3) is 0 Å². The molecule has 0 aliphatic heterocycles. The zero-order chi connectivity index (χ0) is 13.1. The maximum absolute atomic E-state index is 13.6. The lowest BCUT2D eigenvalue weighted by atomic mass is 10.0. The second-order valence-electron chi connectivity index (χ2n) is 3.96. The van der Waals surface area contributed by atoms with Crippen molar-refractivity contribution in [3.05, 3.63) is 56.2 Å². The van der Waals surface area contributed by atoms with E-state index in [0.717, 1.165) is 16.1 Å². The molecule has 1 aromatic heterocycles. The summed E-state index contributed by atoms with van der Waals surface area (Å²) < 4.78 is 27.5. The fourth-order valence-corrected chi connectivity index (χ4v) is 3.44. The molecule has 0 radical (unpaired) electrons. The highest BCUT2D eigenvalue weighted by molar-refractivity contribution is 9.10. The third-order valence-electron chi connectivity index (χ3n) is 2.81. The van der Waals surface area contributed by atoms with Crippen LogP contribution in [0.4, 0.5) is 8.78 Å². The van der Waals surface area contributed by atoms with Crippen LogP contribution in [0.1, 0.15) is 17.2 Å². The lowest BCUT2D eigenvalue weighted by molar-refractivity contribution is 0.540. The molecule has 0 spiro atoms. The van der Waals surface area contributed by atoms with Gasteiger partial charge in [-0.25, -0.2) is 8.78 Å². The van der Waals surface area contributed by atoms with Crippen molar-refractivity contribution in [2.45, 2.75) is 12.5 Å². The van der Waals surface area contributed by atoms with Gasteiger partial charge in [-0.2, -0.15) is 11.3 Å². The fourth-order valence-electron chi connectivity index (χ4n) is 1.81. The topological polar surface area (TPSA) is 12.0 Å². The summed E-state index contributed by atoms with van der Waals surface area (Å²) in [5.41, 5.74) is 1.60. The predicted molar refractivity (Wildman–Crippen MR) is 73.9 cm³/mol. The molecule has 2 aromatic rings. The van der Waals surface area contributed by atoms with Gasteiger partial charge in [-0.15, -0.1) is 0 Å². The highest BCUT2D eigenvalue weighted by Crippen LogP contribution is 2.29. The maximum atomic E-state index is 13.6. The van der Waals surface area contributed by atoms with Crippen molar-refractivity contribution >= 4 is 27.3 Å². The van der Waals surface area contributed by atoms with Crippen molar-refractivity contribution in [1.29, 1.82) is 0 Å². The molecule has 18 heavy (non-hydrogen) atoms. The SMILES string of the molecule is CNC(Cc1ccc(F)cc1F)c1cscc1Br. The van der Waals surface area contributed by atoms with Crippen molar-refractivity contribution in [3.8, 4) is 0 Å². The van der Waals surface area contributed by atoms with Crippen LogP contribution < -0.4 is 5.32 Å². The Kier molecular flexibility index (Phi) is 4.48. The van der Waals surface area contributed by atoms with Gasteiger partial charge < -0.3 is 5.32 Å². The zero-order valence-electron chi connectivity index (χ0n) is 9.71. The quantitative estimate of drug-likeness (QED) is 0.881. The number of hydrogen-bond acceptors (Lipinski definition) is 2. The molecular weight excluding hydrogens is 320 g/mol. The van der Waals surface area contributed by atoms with E-state index in [1.54, 1.807) is 11.3 Å². The molecule has 0 saturated carbocycles. The second kappa shape index (κ2) is 5.91. The first kappa shape index (κ1) is 13.6. The van der Waals surface area contributed by atoms with E-state index in [1.807, 2.05) is 17.8 Å². The van der Waals surface area contributed by atoms with Gasteiger partial charge >= 0.3 is 0 Å². The van der Waals surface area contributed by atoms with Gasteiger partial charge in [-0.3, -0.25) is 0 Å². The third kappa shape index (κ3) is 2.96. The van der Waals surface area contributed by atoms with Gasteiger partial charge in [0, 0.05) is 22.0 Å². The van der Waals surface area contributed by atoms with Crippen LogP contribution in [0.25, 0.3) is 0 Å². The number of likely N-dealkylation sites (N-methyl/N-ethyl adjacent to an activating group) is 1. The van der Waals surface area contributed by atoms with Crippen molar-refractivity contribution in [3.63, 3.8) is 0 Å². The molecule has 1 nitrogen and oxygen atoms in total. The Hall–Kier alpha value is -0.780. The van der Waals surface area contributed by atoms with Gasteiger partial charge in [0.1, 0.15) is 11.6 Å². The predicted octanol–water partition coefficient (Wildman–Crippen LogP) is 4.29. The highest BCUT2D eigenvalue weighted by atomic mass is 79.9. The van der Waals surface area contributed by atoms with Crippen LogP contribution >= 0.6 is 27.3 Å². The molecule has 1 atom stereocenters. The molecule has 0 aliphatic rings. The van der Waals surface area contributed by atoms with E-state index in [9.17, 15) is 8.78 Å². The molecule has 0 amide bonds. The summed E-state index contributed by atoms with van der Waals surface area (Å²) in [7, 11) is 1.83. The number of thiophene rings is 1. The normalized spacial score (nSPS) is 12.7. The van der Waals surface area contributed by atoms with Gasteiger partial charge in [-0.05, 0) is 52.0 Å². The van der Waals surface area contributed by atoms with Gasteiger partial charge in [0.2, 0.25) is 0 Å². The first-order valence-corrected chi connectivity index (χ1v) is 7.18. The van der Waals surface area contributed by atoms with Crippen LogP contribution in [-0.4, -0.2) is 7.05 Å². The smallest absolute Gasteiger partial charge is 0.129 e.